The molecule has 2 saturated carbocycles. The normalized spacial score (nSPS) is 24.3. The first kappa shape index (κ1) is 39.1. The van der Waals surface area contributed by atoms with Crippen LogP contribution in [-0.4, -0.2) is 83.9 Å². The number of halogens is 4. The topological polar surface area (TPSA) is 163 Å². The second kappa shape index (κ2) is 14.2. The van der Waals surface area contributed by atoms with Gasteiger partial charge in [-0.2, -0.15) is 0 Å². The van der Waals surface area contributed by atoms with Gasteiger partial charge >= 0.3 is 12.5 Å². The molecule has 294 valence electrons. The highest BCUT2D eigenvalue weighted by atomic mass is 32.2. The van der Waals surface area contributed by atoms with Crippen molar-refractivity contribution in [3.05, 3.63) is 59.4 Å². The first-order valence-electron chi connectivity index (χ1n) is 17.7. The summed E-state index contributed by atoms with van der Waals surface area (Å²) in [5.41, 5.74) is -0.978. The van der Waals surface area contributed by atoms with E-state index >= 15 is 0 Å². The number of sulfonamides is 1. The maximum absolute atomic E-state index is 14.5. The number of likely N-dealkylation sites (tertiary alicyclic amines) is 1. The van der Waals surface area contributed by atoms with Crippen molar-refractivity contribution >= 4 is 39.5 Å². The number of rotatable bonds is 11. The molecule has 0 aromatic heterocycles. The van der Waals surface area contributed by atoms with E-state index in [0.717, 1.165) is 17.7 Å². The zero-order valence-electron chi connectivity index (χ0n) is 30.2. The number of alkyl halides is 3. The highest BCUT2D eigenvalue weighted by molar-refractivity contribution is 7.91. The van der Waals surface area contributed by atoms with E-state index in [-0.39, 0.29) is 44.1 Å². The second-order valence-electron chi connectivity index (χ2n) is 15.5. The summed E-state index contributed by atoms with van der Waals surface area (Å²) in [5, 5.41) is 5.04. The summed E-state index contributed by atoms with van der Waals surface area (Å²) in [6, 6.07) is 6.69. The summed E-state index contributed by atoms with van der Waals surface area (Å²) >= 11 is 0. The van der Waals surface area contributed by atoms with Gasteiger partial charge in [0, 0.05) is 31.3 Å². The van der Waals surface area contributed by atoms with E-state index in [2.05, 4.69) is 20.1 Å². The molecule has 2 aliphatic heterocycles. The van der Waals surface area contributed by atoms with Gasteiger partial charge in [0.2, 0.25) is 21.8 Å². The maximum atomic E-state index is 14.5. The van der Waals surface area contributed by atoms with Crippen LogP contribution in [0.25, 0.3) is 0 Å². The Morgan fingerprint density at radius 2 is 1.72 bits per heavy atom. The number of nitrogens with one attached hydrogen (secondary N) is 3. The van der Waals surface area contributed by atoms with E-state index in [9.17, 15) is 45.2 Å². The first-order valence-corrected chi connectivity index (χ1v) is 19.3. The third-order valence-electron chi connectivity index (χ3n) is 10.3. The molecule has 5 atom stereocenters. The number of fused-ring (bicyclic) bond motifs is 1. The van der Waals surface area contributed by atoms with Gasteiger partial charge in [-0.25, -0.2) is 17.6 Å². The Labute approximate surface area is 310 Å². The summed E-state index contributed by atoms with van der Waals surface area (Å²) < 4.78 is 90.1. The summed E-state index contributed by atoms with van der Waals surface area (Å²) in [6.07, 6.45) is -5.46. The van der Waals surface area contributed by atoms with Gasteiger partial charge in [0.25, 0.3) is 5.91 Å². The third kappa shape index (κ3) is 8.52. The van der Waals surface area contributed by atoms with Crippen molar-refractivity contribution in [2.24, 2.45) is 11.3 Å². The number of hydrogen-bond acceptors (Lipinski definition) is 9. The van der Waals surface area contributed by atoms with E-state index in [4.69, 9.17) is 4.74 Å². The lowest BCUT2D eigenvalue weighted by Gasteiger charge is -2.36. The molecule has 0 unspecified atom stereocenters. The van der Waals surface area contributed by atoms with E-state index in [1.54, 1.807) is 33.8 Å². The largest absolute Gasteiger partial charge is 0.573 e. The Bertz CT molecular complexity index is 1940. The van der Waals surface area contributed by atoms with Crippen LogP contribution in [0.3, 0.4) is 0 Å². The molecule has 54 heavy (non-hydrogen) atoms. The molecule has 0 spiro atoms. The molecular weight excluding hydrogens is 738 g/mol. The fourth-order valence-electron chi connectivity index (χ4n) is 7.14. The number of hydrogen-bond donors (Lipinski definition) is 3. The van der Waals surface area contributed by atoms with Crippen molar-refractivity contribution in [1.29, 1.82) is 0 Å². The monoisotopic (exact) mass is 781 g/mol. The van der Waals surface area contributed by atoms with Crippen molar-refractivity contribution in [1.82, 2.24) is 19.8 Å². The summed E-state index contributed by atoms with van der Waals surface area (Å²) in [6.45, 7) is 6.91. The standard InChI is InChI=1S/C36H43F4N5O8S/c1-5-22-16-35(22,32(48)43-54(50,51)27-11-12-27)42-30(46)28-15-26(52-33(49)44-17-20-9-10-23(37)13-21(20)18-44)19-45(28)31(47)29(34(2,3)4)41-24-7-6-8-25(14-24)53-36(38,39)40/h6-10,13-14,22,26-29,41H,5,11-12,15-19H2,1-4H3,(H,42,46)(H,43,48)/t22-,26-,28+,29-,35-/m1/s1. The molecule has 2 aliphatic carbocycles. The van der Waals surface area contributed by atoms with Crippen molar-refractivity contribution in [2.45, 2.75) is 108 Å². The lowest BCUT2D eigenvalue weighted by atomic mass is 9.85. The highest BCUT2D eigenvalue weighted by Crippen LogP contribution is 2.47. The van der Waals surface area contributed by atoms with Crippen molar-refractivity contribution < 1.29 is 54.6 Å². The number of ether oxygens (including phenoxy) is 2. The Morgan fingerprint density at radius 1 is 1.02 bits per heavy atom. The van der Waals surface area contributed by atoms with Crippen molar-refractivity contribution in [3.8, 4) is 5.75 Å². The molecule has 4 amide bonds. The Kier molecular flexibility index (Phi) is 10.3. The molecule has 2 heterocycles. The molecule has 3 fully saturated rings. The molecule has 4 aliphatic rings. The predicted octanol–water partition coefficient (Wildman–Crippen LogP) is 4.57. The van der Waals surface area contributed by atoms with E-state index in [1.165, 1.54) is 34.1 Å². The van der Waals surface area contributed by atoms with Crippen LogP contribution in [-0.2, 0) is 42.2 Å². The Hall–Kier alpha value is -4.61. The maximum Gasteiger partial charge on any atom is 0.573 e. The average molecular weight is 782 g/mol. The minimum Gasteiger partial charge on any atom is -0.444 e. The zero-order valence-corrected chi connectivity index (χ0v) is 31.0. The molecule has 0 bridgehead atoms. The quantitative estimate of drug-likeness (QED) is 0.278. The van der Waals surface area contributed by atoms with Gasteiger partial charge in [-0.3, -0.25) is 24.0 Å². The number of benzene rings is 2. The van der Waals surface area contributed by atoms with Gasteiger partial charge < -0.3 is 25.0 Å². The molecular formula is C36H43F4N5O8S. The molecule has 6 rings (SSSR count). The molecule has 13 nitrogen and oxygen atoms in total. The summed E-state index contributed by atoms with van der Waals surface area (Å²) in [7, 11) is -3.94. The van der Waals surface area contributed by atoms with Gasteiger partial charge in [-0.15, -0.1) is 13.2 Å². The number of anilines is 1. The van der Waals surface area contributed by atoms with E-state index < -0.39 is 86.2 Å². The van der Waals surface area contributed by atoms with E-state index in [0.29, 0.717) is 24.8 Å². The summed E-state index contributed by atoms with van der Waals surface area (Å²) in [4.78, 5) is 58.1. The lowest BCUT2D eigenvalue weighted by molar-refractivity contribution is -0.274. The minimum absolute atomic E-state index is 0.0815. The average Bonchev–Trinajstić information content (AvgIpc) is 3.97. The van der Waals surface area contributed by atoms with Gasteiger partial charge in [-0.1, -0.05) is 46.2 Å². The number of carbonyl (C=O) groups is 4. The van der Waals surface area contributed by atoms with Gasteiger partial charge in [0.15, 0.2) is 0 Å². The molecule has 18 heteroatoms. The molecule has 1 saturated heterocycles. The fourth-order valence-corrected chi connectivity index (χ4v) is 8.51. The Balaban J connectivity index is 1.25. The molecule has 2 aromatic carbocycles. The van der Waals surface area contributed by atoms with Crippen molar-refractivity contribution in [2.75, 3.05) is 11.9 Å². The molecule has 3 N–H and O–H groups in total. The Morgan fingerprint density at radius 3 is 2.35 bits per heavy atom. The van der Waals surface area contributed by atoms with Gasteiger partial charge in [0.05, 0.1) is 11.8 Å². The summed E-state index contributed by atoms with van der Waals surface area (Å²) in [5.74, 6) is -3.64. The third-order valence-corrected chi connectivity index (χ3v) is 12.1. The molecule has 2 aromatic rings. The number of nitrogens with zero attached hydrogens (tertiary/aromatic N) is 2. The van der Waals surface area contributed by atoms with Crippen LogP contribution in [0, 0.1) is 17.2 Å². The van der Waals surface area contributed by atoms with Crippen LogP contribution in [0.2, 0.25) is 0 Å². The van der Waals surface area contributed by atoms with Gasteiger partial charge in [-0.05, 0) is 66.0 Å². The molecule has 0 radical (unpaired) electrons. The van der Waals surface area contributed by atoms with Gasteiger partial charge in [0.1, 0.15) is 35.3 Å². The zero-order chi connectivity index (χ0) is 39.4. The second-order valence-corrected chi connectivity index (χ2v) is 17.4. The predicted molar refractivity (Wildman–Crippen MR) is 185 cm³/mol. The number of amides is 4. The smallest absolute Gasteiger partial charge is 0.444 e. The van der Waals surface area contributed by atoms with Crippen LogP contribution in [0.15, 0.2) is 42.5 Å². The lowest BCUT2D eigenvalue weighted by Crippen LogP contribution is -2.58. The van der Waals surface area contributed by atoms with E-state index in [1.807, 2.05) is 0 Å². The van der Waals surface area contributed by atoms with Crippen LogP contribution in [0.4, 0.5) is 28.0 Å². The fraction of sp³-hybridized carbons (Fsp3) is 0.556. The van der Waals surface area contributed by atoms with Crippen LogP contribution < -0.4 is 20.1 Å². The SMILES string of the molecule is CC[C@@H]1C[C@]1(NC(=O)[C@@H]1C[C@@H](OC(=O)N2Cc3ccc(F)cc3C2)CN1C(=O)[C@@H](Nc1cccc(OC(F)(F)F)c1)C(C)(C)C)C(=O)NS(=O)(=O)C1CC1. The van der Waals surface area contributed by atoms with Crippen molar-refractivity contribution in [3.63, 3.8) is 0 Å². The van der Waals surface area contributed by atoms with Crippen LogP contribution >= 0.6 is 0 Å². The number of carbonyl (C=O) groups excluding carboxylic acids is 4. The highest BCUT2D eigenvalue weighted by Gasteiger charge is 2.62. The van der Waals surface area contributed by atoms with Crippen LogP contribution in [0.1, 0.15) is 70.9 Å². The minimum atomic E-state index is -4.96. The first-order chi connectivity index (χ1) is 25.2. The van der Waals surface area contributed by atoms with Crippen LogP contribution in [0.5, 0.6) is 5.75 Å².